The Morgan fingerprint density at radius 3 is 1.71 bits per heavy atom. The van der Waals surface area contributed by atoms with Crippen molar-refractivity contribution in [3.8, 4) is 0 Å². The SMILES string of the molecule is C[C](C)=[Ti].[C-]1=CC=CC1.[CH3-].[CH3-].c1ccc2c(c1)[cH-]c1ccccc12. The molecule has 1 aliphatic carbocycles. The molecule has 0 radical (unpaired) electrons. The van der Waals surface area contributed by atoms with Crippen LogP contribution in [-0.4, -0.2) is 3.81 Å². The van der Waals surface area contributed by atoms with Crippen LogP contribution >= 0.6 is 0 Å². The van der Waals surface area contributed by atoms with Gasteiger partial charge < -0.3 is 14.9 Å². The monoisotopic (exact) mass is 350 g/mol. The summed E-state index contributed by atoms with van der Waals surface area (Å²) >= 11 is 2.08. The summed E-state index contributed by atoms with van der Waals surface area (Å²) in [6.45, 7) is 4.17. The van der Waals surface area contributed by atoms with E-state index < -0.39 is 0 Å². The van der Waals surface area contributed by atoms with Crippen LogP contribution in [0, 0.1) is 20.9 Å². The Labute approximate surface area is 159 Å². The molecule has 0 atom stereocenters. The first-order valence-corrected chi connectivity index (χ1v) is 8.23. The normalized spacial score (nSPS) is 10.7. The topological polar surface area (TPSA) is 0 Å². The van der Waals surface area contributed by atoms with Crippen LogP contribution in [0.2, 0.25) is 0 Å². The summed E-state index contributed by atoms with van der Waals surface area (Å²) in [7, 11) is 0. The molecule has 0 bridgehead atoms. The molecule has 3 aromatic rings. The summed E-state index contributed by atoms with van der Waals surface area (Å²) in [6.07, 6.45) is 10.0. The van der Waals surface area contributed by atoms with Gasteiger partial charge >= 0.3 is 37.6 Å². The minimum Gasteiger partial charge on any atom is -0.358 e. The molecule has 126 valence electrons. The van der Waals surface area contributed by atoms with Crippen LogP contribution in [0.25, 0.3) is 21.5 Å². The quantitative estimate of drug-likeness (QED) is 0.314. The molecule has 0 unspecified atom stereocenters. The molecule has 0 N–H and O–H groups in total. The van der Waals surface area contributed by atoms with Crippen molar-refractivity contribution >= 4 is 25.4 Å². The van der Waals surface area contributed by atoms with Crippen molar-refractivity contribution in [1.29, 1.82) is 0 Å². The van der Waals surface area contributed by atoms with Crippen LogP contribution in [0.4, 0.5) is 0 Å². The van der Waals surface area contributed by atoms with E-state index in [1.165, 1.54) is 25.4 Å². The smallest absolute Gasteiger partial charge is 0.0771 e. The van der Waals surface area contributed by atoms with E-state index in [0.717, 1.165) is 6.42 Å². The fourth-order valence-corrected chi connectivity index (χ4v) is 2.24. The molecule has 0 saturated carbocycles. The van der Waals surface area contributed by atoms with E-state index in [0.29, 0.717) is 0 Å². The number of hydrogen-bond acceptors (Lipinski definition) is 0. The number of fused-ring (bicyclic) bond motifs is 3. The maximum atomic E-state index is 2.99. The fourth-order valence-electron chi connectivity index (χ4n) is 2.24. The van der Waals surface area contributed by atoms with Gasteiger partial charge in [-0.05, 0) is 0 Å². The number of allylic oxidation sites excluding steroid dienone is 4. The molecule has 24 heavy (non-hydrogen) atoms. The molecule has 3 aromatic carbocycles. The van der Waals surface area contributed by atoms with E-state index in [2.05, 4.69) is 101 Å². The predicted molar refractivity (Wildman–Crippen MR) is 108 cm³/mol. The minimum atomic E-state index is 0. The van der Waals surface area contributed by atoms with Crippen molar-refractivity contribution in [2.75, 3.05) is 0 Å². The van der Waals surface area contributed by atoms with E-state index in [9.17, 15) is 0 Å². The van der Waals surface area contributed by atoms with Gasteiger partial charge in [-0.25, -0.2) is 12.2 Å². The summed E-state index contributed by atoms with van der Waals surface area (Å²) in [6, 6.07) is 19.3. The second-order valence-corrected chi connectivity index (χ2v) is 6.88. The van der Waals surface area contributed by atoms with E-state index in [4.69, 9.17) is 0 Å². The van der Waals surface area contributed by atoms with Gasteiger partial charge in [0, 0.05) is 0 Å². The largest absolute Gasteiger partial charge is 0.358 e. The molecule has 0 amide bonds. The molecule has 0 spiro atoms. The maximum absolute atomic E-state index is 2.99. The van der Waals surface area contributed by atoms with E-state index in [-0.39, 0.29) is 14.9 Å². The van der Waals surface area contributed by atoms with E-state index in [1.54, 1.807) is 0 Å². The van der Waals surface area contributed by atoms with E-state index >= 15 is 0 Å². The predicted octanol–water partition coefficient (Wildman–Crippen LogP) is 6.66. The Hall–Kier alpha value is -1.63. The van der Waals surface area contributed by atoms with Gasteiger partial charge in [0.05, 0.1) is 0 Å². The van der Waals surface area contributed by atoms with Crippen molar-refractivity contribution in [2.24, 2.45) is 0 Å². The van der Waals surface area contributed by atoms with Crippen molar-refractivity contribution in [3.05, 3.63) is 93.8 Å². The standard InChI is InChI=1S/C13H9.C5H5.C3H6.2CH3.Ti/c1-3-7-12-10(5-1)9-11-6-2-4-8-13(11)12;1-2-4-5-3-1;1-3-2;;;/h1-9H;1-3H,4H2;1-2H3;2*1H3;/q2*-1;;2*-1;. The van der Waals surface area contributed by atoms with Gasteiger partial charge in [0.2, 0.25) is 0 Å². The molecule has 0 aliphatic heterocycles. The van der Waals surface area contributed by atoms with Crippen LogP contribution in [0.5, 0.6) is 0 Å². The van der Waals surface area contributed by atoms with Crippen LogP contribution in [0.3, 0.4) is 0 Å². The van der Waals surface area contributed by atoms with Gasteiger partial charge in [-0.2, -0.15) is 6.08 Å². The Bertz CT molecular complexity index is 739. The molecule has 0 fully saturated rings. The van der Waals surface area contributed by atoms with Crippen molar-refractivity contribution in [2.45, 2.75) is 20.3 Å². The zero-order chi connectivity index (χ0) is 15.8. The molecule has 0 heterocycles. The molecule has 0 nitrogen and oxygen atoms in total. The first-order chi connectivity index (χ1) is 10.7. The number of hydrogen-bond donors (Lipinski definition) is 0. The fraction of sp³-hybridized carbons (Fsp3) is 0.130. The van der Waals surface area contributed by atoms with Crippen LogP contribution in [-0.2, 0) is 20.0 Å². The van der Waals surface area contributed by atoms with Crippen LogP contribution in [0.1, 0.15) is 20.3 Å². The molecule has 0 saturated heterocycles. The molecular weight excluding hydrogens is 324 g/mol. The number of rotatable bonds is 0. The minimum absolute atomic E-state index is 0. The van der Waals surface area contributed by atoms with E-state index in [1.807, 2.05) is 12.2 Å². The second-order valence-electron chi connectivity index (χ2n) is 5.32. The van der Waals surface area contributed by atoms with Gasteiger partial charge in [-0.3, -0.25) is 6.08 Å². The van der Waals surface area contributed by atoms with Crippen LogP contribution < -0.4 is 0 Å². The summed E-state index contributed by atoms with van der Waals surface area (Å²) in [5.74, 6) is 0. The summed E-state index contributed by atoms with van der Waals surface area (Å²) in [5.41, 5.74) is 0. The van der Waals surface area contributed by atoms with Gasteiger partial charge in [-0.1, -0.05) is 36.4 Å². The molecule has 0 aromatic heterocycles. The Kier molecular flexibility index (Phi) is 11.0. The van der Waals surface area contributed by atoms with Crippen molar-refractivity contribution in [1.82, 2.24) is 0 Å². The molecular formula is C23H26Ti-4. The third-order valence-electron chi connectivity index (χ3n) is 3.11. The Balaban J connectivity index is 0.000000409. The molecule has 1 aliphatic rings. The zero-order valence-corrected chi connectivity index (χ0v) is 16.7. The Morgan fingerprint density at radius 1 is 0.917 bits per heavy atom. The summed E-state index contributed by atoms with van der Waals surface area (Å²) < 4.78 is 1.42. The average Bonchev–Trinajstić information content (AvgIpc) is 3.18. The summed E-state index contributed by atoms with van der Waals surface area (Å²) in [5, 5.41) is 5.39. The number of benzene rings is 2. The summed E-state index contributed by atoms with van der Waals surface area (Å²) in [4.78, 5) is 0. The second kappa shape index (κ2) is 11.8. The zero-order valence-electron chi connectivity index (χ0n) is 15.1. The molecule has 1 heteroatoms. The Morgan fingerprint density at radius 2 is 1.38 bits per heavy atom. The van der Waals surface area contributed by atoms with Gasteiger partial charge in [0.25, 0.3) is 0 Å². The third kappa shape index (κ3) is 6.87. The third-order valence-corrected chi connectivity index (χ3v) is 3.11. The maximum Gasteiger partial charge on any atom is -0.0771 e. The van der Waals surface area contributed by atoms with Gasteiger partial charge in [0.15, 0.2) is 0 Å². The first-order valence-electron chi connectivity index (χ1n) is 7.45. The first kappa shape index (κ1) is 22.4. The average molecular weight is 350 g/mol. The van der Waals surface area contributed by atoms with Crippen molar-refractivity contribution < 1.29 is 20.0 Å². The van der Waals surface area contributed by atoms with Crippen LogP contribution in [0.15, 0.2) is 72.8 Å². The van der Waals surface area contributed by atoms with Crippen molar-refractivity contribution in [3.63, 3.8) is 0 Å². The van der Waals surface area contributed by atoms with Gasteiger partial charge in [-0.15, -0.1) is 46.2 Å². The van der Waals surface area contributed by atoms with Gasteiger partial charge in [0.1, 0.15) is 0 Å². The molecule has 4 rings (SSSR count).